The number of hydrogen-bond donors (Lipinski definition) is 3. The van der Waals surface area contributed by atoms with E-state index in [9.17, 15) is 9.59 Å². The van der Waals surface area contributed by atoms with Crippen LogP contribution in [0, 0.1) is 5.92 Å². The molecule has 1 saturated carbocycles. The van der Waals surface area contributed by atoms with Gasteiger partial charge in [-0.15, -0.1) is 0 Å². The lowest BCUT2D eigenvalue weighted by Gasteiger charge is -2.26. The van der Waals surface area contributed by atoms with Gasteiger partial charge in [-0.2, -0.15) is 0 Å². The quantitative estimate of drug-likeness (QED) is 0.727. The van der Waals surface area contributed by atoms with Crippen LogP contribution in [-0.2, 0) is 11.8 Å². The van der Waals surface area contributed by atoms with Crippen molar-refractivity contribution in [3.05, 3.63) is 48.0 Å². The van der Waals surface area contributed by atoms with Crippen LogP contribution in [0.4, 0.5) is 5.69 Å². The van der Waals surface area contributed by atoms with E-state index in [1.54, 1.807) is 48.3 Å². The standard InChI is InChI=1S/C19H23N5O2/c1-24-10-9-20-18(24)17(25)12-5-4-6-13(11-12)21-19(26)16-14-7-2-3-8-15(14)22-23-16/h4-6,9-11,14-16,22-23H,2-3,7-8H2,1H3,(H,21,26). The van der Waals surface area contributed by atoms with E-state index >= 15 is 0 Å². The minimum Gasteiger partial charge on any atom is -0.331 e. The number of carbonyl (C=O) groups excluding carboxylic acids is 2. The predicted octanol–water partition coefficient (Wildman–Crippen LogP) is 1.62. The first-order valence-corrected chi connectivity index (χ1v) is 9.07. The molecule has 26 heavy (non-hydrogen) atoms. The lowest BCUT2D eigenvalue weighted by molar-refractivity contribution is -0.118. The van der Waals surface area contributed by atoms with E-state index in [4.69, 9.17) is 0 Å². The number of benzene rings is 1. The SMILES string of the molecule is Cn1ccnc1C(=O)c1cccc(NC(=O)C2NNC3CCCCC32)c1. The van der Waals surface area contributed by atoms with Crippen molar-refractivity contribution in [3.8, 4) is 0 Å². The summed E-state index contributed by atoms with van der Waals surface area (Å²) in [6.45, 7) is 0. The average Bonchev–Trinajstić information content (AvgIpc) is 3.27. The first kappa shape index (κ1) is 16.9. The summed E-state index contributed by atoms with van der Waals surface area (Å²) >= 11 is 0. The highest BCUT2D eigenvalue weighted by molar-refractivity contribution is 6.07. The molecule has 3 atom stereocenters. The molecular weight excluding hydrogens is 330 g/mol. The van der Waals surface area contributed by atoms with E-state index in [-0.39, 0.29) is 17.7 Å². The van der Waals surface area contributed by atoms with E-state index in [0.717, 1.165) is 12.8 Å². The van der Waals surface area contributed by atoms with Gasteiger partial charge in [0.15, 0.2) is 5.82 Å². The van der Waals surface area contributed by atoms with Gasteiger partial charge < -0.3 is 9.88 Å². The molecule has 1 saturated heterocycles. The maximum Gasteiger partial charge on any atom is 0.243 e. The minimum atomic E-state index is -0.241. The Hall–Kier alpha value is -2.51. The fraction of sp³-hybridized carbons (Fsp3) is 0.421. The maximum absolute atomic E-state index is 12.7. The highest BCUT2D eigenvalue weighted by Gasteiger charge is 2.40. The number of aromatic nitrogens is 2. The zero-order valence-corrected chi connectivity index (χ0v) is 14.7. The van der Waals surface area contributed by atoms with Crippen molar-refractivity contribution in [2.75, 3.05) is 5.32 Å². The Kier molecular flexibility index (Phi) is 4.57. The molecule has 1 aromatic heterocycles. The first-order valence-electron chi connectivity index (χ1n) is 9.07. The zero-order valence-electron chi connectivity index (χ0n) is 14.7. The maximum atomic E-state index is 12.7. The molecule has 1 aromatic carbocycles. The average molecular weight is 353 g/mol. The minimum absolute atomic E-state index is 0.0616. The molecule has 0 radical (unpaired) electrons. The Morgan fingerprint density at radius 3 is 2.88 bits per heavy atom. The van der Waals surface area contributed by atoms with Crippen molar-refractivity contribution < 1.29 is 9.59 Å². The number of carbonyl (C=O) groups is 2. The molecular formula is C19H23N5O2. The number of fused-ring (bicyclic) bond motifs is 1. The smallest absolute Gasteiger partial charge is 0.243 e. The molecule has 136 valence electrons. The van der Waals surface area contributed by atoms with Crippen molar-refractivity contribution in [2.24, 2.45) is 13.0 Å². The van der Waals surface area contributed by atoms with Gasteiger partial charge in [0.2, 0.25) is 11.7 Å². The van der Waals surface area contributed by atoms with Gasteiger partial charge in [-0.25, -0.2) is 10.4 Å². The molecule has 0 spiro atoms. The molecule has 3 N–H and O–H groups in total. The number of hydrazine groups is 1. The molecule has 7 nitrogen and oxygen atoms in total. The van der Waals surface area contributed by atoms with Crippen LogP contribution in [0.25, 0.3) is 0 Å². The van der Waals surface area contributed by atoms with Crippen LogP contribution >= 0.6 is 0 Å². The molecule has 1 aliphatic carbocycles. The number of imidazole rings is 1. The van der Waals surface area contributed by atoms with Gasteiger partial charge in [0.25, 0.3) is 0 Å². The summed E-state index contributed by atoms with van der Waals surface area (Å²) in [6, 6.07) is 7.14. The summed E-state index contributed by atoms with van der Waals surface area (Å²) in [4.78, 5) is 29.4. The predicted molar refractivity (Wildman–Crippen MR) is 97.5 cm³/mol. The zero-order chi connectivity index (χ0) is 18.1. The van der Waals surface area contributed by atoms with Crippen molar-refractivity contribution in [1.82, 2.24) is 20.4 Å². The number of hydrogen-bond acceptors (Lipinski definition) is 5. The second kappa shape index (κ2) is 7.01. The van der Waals surface area contributed by atoms with Crippen molar-refractivity contribution >= 4 is 17.4 Å². The summed E-state index contributed by atoms with van der Waals surface area (Å²) in [7, 11) is 1.78. The van der Waals surface area contributed by atoms with Crippen LogP contribution in [0.5, 0.6) is 0 Å². The Balaban J connectivity index is 1.48. The van der Waals surface area contributed by atoms with Crippen LogP contribution in [0.3, 0.4) is 0 Å². The largest absolute Gasteiger partial charge is 0.331 e. The lowest BCUT2D eigenvalue weighted by Crippen LogP contribution is -2.42. The Labute approximate surface area is 152 Å². The normalized spacial score (nSPS) is 24.9. The monoisotopic (exact) mass is 353 g/mol. The van der Waals surface area contributed by atoms with E-state index in [1.807, 2.05) is 0 Å². The number of ketones is 1. The number of rotatable bonds is 4. The summed E-state index contributed by atoms with van der Waals surface area (Å²) in [6.07, 6.45) is 7.87. The third kappa shape index (κ3) is 3.15. The fourth-order valence-corrected chi connectivity index (χ4v) is 3.97. The Morgan fingerprint density at radius 1 is 1.23 bits per heavy atom. The second-order valence-corrected chi connectivity index (χ2v) is 7.08. The molecule has 0 bridgehead atoms. The summed E-state index contributed by atoms with van der Waals surface area (Å²) in [5.41, 5.74) is 7.52. The molecule has 2 aliphatic rings. The molecule has 2 fully saturated rings. The molecule has 7 heteroatoms. The molecule has 1 amide bonds. The summed E-state index contributed by atoms with van der Waals surface area (Å²) in [5, 5.41) is 2.95. The van der Waals surface area contributed by atoms with Gasteiger partial charge in [-0.05, 0) is 25.0 Å². The van der Waals surface area contributed by atoms with Gasteiger partial charge in [-0.1, -0.05) is 25.0 Å². The molecule has 4 rings (SSSR count). The number of nitrogens with one attached hydrogen (secondary N) is 3. The number of aryl methyl sites for hydroxylation is 1. The van der Waals surface area contributed by atoms with E-state index in [2.05, 4.69) is 21.2 Å². The van der Waals surface area contributed by atoms with Crippen LogP contribution < -0.4 is 16.2 Å². The van der Waals surface area contributed by atoms with Gasteiger partial charge >= 0.3 is 0 Å². The van der Waals surface area contributed by atoms with Gasteiger partial charge in [0.05, 0.1) is 0 Å². The fourth-order valence-electron chi connectivity index (χ4n) is 3.97. The van der Waals surface area contributed by atoms with Crippen LogP contribution in [0.1, 0.15) is 41.9 Å². The summed E-state index contributed by atoms with van der Waals surface area (Å²) in [5.74, 6) is 0.469. The highest BCUT2D eigenvalue weighted by Crippen LogP contribution is 2.30. The molecule has 2 aromatic rings. The van der Waals surface area contributed by atoms with E-state index in [0.29, 0.717) is 29.0 Å². The van der Waals surface area contributed by atoms with Crippen molar-refractivity contribution in [1.29, 1.82) is 0 Å². The van der Waals surface area contributed by atoms with E-state index in [1.165, 1.54) is 12.8 Å². The Bertz CT molecular complexity index is 831. The number of anilines is 1. The first-order chi connectivity index (χ1) is 12.6. The van der Waals surface area contributed by atoms with Gasteiger partial charge in [-0.3, -0.25) is 15.0 Å². The van der Waals surface area contributed by atoms with Gasteiger partial charge in [0, 0.05) is 42.7 Å². The molecule has 2 heterocycles. The van der Waals surface area contributed by atoms with Crippen molar-refractivity contribution in [3.63, 3.8) is 0 Å². The third-order valence-electron chi connectivity index (χ3n) is 5.37. The Morgan fingerprint density at radius 2 is 2.08 bits per heavy atom. The highest BCUT2D eigenvalue weighted by atomic mass is 16.2. The second-order valence-electron chi connectivity index (χ2n) is 7.08. The van der Waals surface area contributed by atoms with Crippen LogP contribution in [-0.4, -0.2) is 33.3 Å². The third-order valence-corrected chi connectivity index (χ3v) is 5.37. The van der Waals surface area contributed by atoms with Gasteiger partial charge in [0.1, 0.15) is 6.04 Å². The molecule has 1 aliphatic heterocycles. The lowest BCUT2D eigenvalue weighted by atomic mass is 9.81. The molecule has 3 unspecified atom stereocenters. The number of nitrogens with zero attached hydrogens (tertiary/aromatic N) is 2. The number of amides is 1. The van der Waals surface area contributed by atoms with E-state index < -0.39 is 0 Å². The van der Waals surface area contributed by atoms with Crippen LogP contribution in [0.2, 0.25) is 0 Å². The van der Waals surface area contributed by atoms with Crippen LogP contribution in [0.15, 0.2) is 36.7 Å². The summed E-state index contributed by atoms with van der Waals surface area (Å²) < 4.78 is 1.69. The van der Waals surface area contributed by atoms with Crippen molar-refractivity contribution in [2.45, 2.75) is 37.8 Å². The topological polar surface area (TPSA) is 88.0 Å².